The van der Waals surface area contributed by atoms with Gasteiger partial charge in [0.2, 0.25) is 0 Å². The van der Waals surface area contributed by atoms with E-state index in [0.29, 0.717) is 6.54 Å². The van der Waals surface area contributed by atoms with Crippen molar-refractivity contribution in [2.24, 2.45) is 0 Å². The van der Waals surface area contributed by atoms with Gasteiger partial charge >= 0.3 is 0 Å². The first-order valence-corrected chi connectivity index (χ1v) is 6.26. The number of rotatable bonds is 7. The lowest BCUT2D eigenvalue weighted by Gasteiger charge is -2.13. The van der Waals surface area contributed by atoms with Crippen LogP contribution in [0.3, 0.4) is 0 Å². The highest BCUT2D eigenvalue weighted by Crippen LogP contribution is 2.15. The molecular weight excluding hydrogens is 214 g/mol. The van der Waals surface area contributed by atoms with E-state index in [0.717, 1.165) is 18.7 Å². The highest BCUT2D eigenvalue weighted by molar-refractivity contribution is 5.28. The van der Waals surface area contributed by atoms with Gasteiger partial charge in [-0.05, 0) is 38.0 Å². The maximum atomic E-state index is 9.15. The van der Waals surface area contributed by atoms with Crippen molar-refractivity contribution in [3.8, 4) is 5.75 Å². The predicted octanol–water partition coefficient (Wildman–Crippen LogP) is 2.33. The molecule has 1 aromatic rings. The zero-order valence-electron chi connectivity index (χ0n) is 10.9. The molecule has 17 heavy (non-hydrogen) atoms. The zero-order chi connectivity index (χ0) is 12.7. The molecule has 0 bridgehead atoms. The highest BCUT2D eigenvalue weighted by Gasteiger charge is 2.02. The van der Waals surface area contributed by atoms with E-state index in [1.165, 1.54) is 5.56 Å². The fourth-order valence-electron chi connectivity index (χ4n) is 1.47. The Morgan fingerprint density at radius 1 is 1.35 bits per heavy atom. The molecule has 0 aliphatic carbocycles. The van der Waals surface area contributed by atoms with Gasteiger partial charge in [-0.3, -0.25) is 0 Å². The molecule has 0 aromatic heterocycles. The summed E-state index contributed by atoms with van der Waals surface area (Å²) in [4.78, 5) is 0. The number of ether oxygens (including phenoxy) is 1. The van der Waals surface area contributed by atoms with Crippen molar-refractivity contribution < 1.29 is 9.84 Å². The van der Waals surface area contributed by atoms with Gasteiger partial charge in [-0.2, -0.15) is 0 Å². The molecule has 1 rings (SSSR count). The Bertz CT molecular complexity index is 326. The van der Waals surface area contributed by atoms with E-state index in [1.54, 1.807) is 6.92 Å². The molecule has 96 valence electrons. The second-order valence-corrected chi connectivity index (χ2v) is 4.46. The van der Waals surface area contributed by atoms with E-state index in [4.69, 9.17) is 9.84 Å². The van der Waals surface area contributed by atoms with Crippen LogP contribution in [0.1, 0.15) is 32.8 Å². The zero-order valence-corrected chi connectivity index (χ0v) is 10.9. The Morgan fingerprint density at radius 2 is 2.12 bits per heavy atom. The molecule has 1 aromatic carbocycles. The first-order chi connectivity index (χ1) is 8.11. The standard InChI is InChI=1S/C14H23NO2/c1-4-12(3)17-14-7-5-6-13(8-14)10-15-9-11(2)16/h5-8,11-12,15-16H,4,9-10H2,1-3H3. The second-order valence-electron chi connectivity index (χ2n) is 4.46. The summed E-state index contributed by atoms with van der Waals surface area (Å²) in [6.45, 7) is 7.31. The fraction of sp³-hybridized carbons (Fsp3) is 0.571. The lowest BCUT2D eigenvalue weighted by atomic mass is 10.2. The van der Waals surface area contributed by atoms with Crippen molar-refractivity contribution in [1.29, 1.82) is 0 Å². The van der Waals surface area contributed by atoms with E-state index < -0.39 is 0 Å². The summed E-state index contributed by atoms with van der Waals surface area (Å²) in [6, 6.07) is 8.07. The minimum absolute atomic E-state index is 0.246. The Balaban J connectivity index is 2.48. The molecule has 0 aliphatic heterocycles. The molecule has 0 fully saturated rings. The summed E-state index contributed by atoms with van der Waals surface area (Å²) >= 11 is 0. The molecule has 0 radical (unpaired) electrons. The van der Waals surface area contributed by atoms with Crippen molar-refractivity contribution in [2.45, 2.75) is 45.9 Å². The molecule has 0 saturated carbocycles. The van der Waals surface area contributed by atoms with Crippen LogP contribution < -0.4 is 10.1 Å². The number of hydrogen-bond acceptors (Lipinski definition) is 3. The van der Waals surface area contributed by atoms with Crippen molar-refractivity contribution >= 4 is 0 Å². The Morgan fingerprint density at radius 3 is 2.76 bits per heavy atom. The molecule has 0 aliphatic rings. The SMILES string of the molecule is CCC(C)Oc1cccc(CNCC(C)O)c1. The lowest BCUT2D eigenvalue weighted by molar-refractivity contribution is 0.191. The largest absolute Gasteiger partial charge is 0.491 e. The molecule has 0 amide bonds. The van der Waals surface area contributed by atoms with Crippen LogP contribution in [0.5, 0.6) is 5.75 Å². The number of aliphatic hydroxyl groups excluding tert-OH is 1. The second kappa shape index (κ2) is 7.30. The van der Waals surface area contributed by atoms with Gasteiger partial charge in [0, 0.05) is 13.1 Å². The minimum atomic E-state index is -0.311. The molecule has 2 N–H and O–H groups in total. The van der Waals surface area contributed by atoms with Crippen LogP contribution in [-0.4, -0.2) is 23.9 Å². The van der Waals surface area contributed by atoms with Crippen molar-refractivity contribution in [3.05, 3.63) is 29.8 Å². The first-order valence-electron chi connectivity index (χ1n) is 6.26. The van der Waals surface area contributed by atoms with Crippen LogP contribution in [0.15, 0.2) is 24.3 Å². The summed E-state index contributed by atoms with van der Waals surface area (Å²) in [6.07, 6.45) is 0.940. The van der Waals surface area contributed by atoms with E-state index in [2.05, 4.69) is 25.2 Å². The van der Waals surface area contributed by atoms with Gasteiger partial charge < -0.3 is 15.2 Å². The maximum Gasteiger partial charge on any atom is 0.120 e. The smallest absolute Gasteiger partial charge is 0.120 e. The van der Waals surface area contributed by atoms with Crippen molar-refractivity contribution in [3.63, 3.8) is 0 Å². The van der Waals surface area contributed by atoms with Crippen LogP contribution in [-0.2, 0) is 6.54 Å². The normalized spacial score (nSPS) is 14.4. The topological polar surface area (TPSA) is 41.5 Å². The van der Waals surface area contributed by atoms with Crippen LogP contribution in [0.4, 0.5) is 0 Å². The average Bonchev–Trinajstić information content (AvgIpc) is 2.29. The molecule has 2 unspecified atom stereocenters. The average molecular weight is 237 g/mol. The quantitative estimate of drug-likeness (QED) is 0.765. The van der Waals surface area contributed by atoms with Crippen molar-refractivity contribution in [2.75, 3.05) is 6.54 Å². The number of nitrogens with one attached hydrogen (secondary N) is 1. The van der Waals surface area contributed by atoms with E-state index in [-0.39, 0.29) is 12.2 Å². The highest BCUT2D eigenvalue weighted by atomic mass is 16.5. The molecule has 0 saturated heterocycles. The van der Waals surface area contributed by atoms with Gasteiger partial charge in [-0.1, -0.05) is 19.1 Å². The number of aliphatic hydroxyl groups is 1. The third-order valence-corrected chi connectivity index (χ3v) is 2.58. The molecule has 0 heterocycles. The first kappa shape index (κ1) is 14.0. The Labute approximate surface area is 104 Å². The summed E-state index contributed by atoms with van der Waals surface area (Å²) in [5.74, 6) is 0.913. The van der Waals surface area contributed by atoms with Gasteiger partial charge in [0.25, 0.3) is 0 Å². The summed E-state index contributed by atoms with van der Waals surface area (Å²) in [5, 5.41) is 12.3. The van der Waals surface area contributed by atoms with Gasteiger partial charge in [-0.15, -0.1) is 0 Å². The third kappa shape index (κ3) is 5.71. The lowest BCUT2D eigenvalue weighted by Crippen LogP contribution is -2.23. The maximum absolute atomic E-state index is 9.15. The summed E-state index contributed by atoms with van der Waals surface area (Å²) in [5.41, 5.74) is 1.17. The monoisotopic (exact) mass is 237 g/mol. The van der Waals surface area contributed by atoms with Crippen LogP contribution in [0, 0.1) is 0 Å². The van der Waals surface area contributed by atoms with Crippen LogP contribution in [0.25, 0.3) is 0 Å². The Hall–Kier alpha value is -1.06. The number of benzene rings is 1. The molecule has 3 nitrogen and oxygen atoms in total. The summed E-state index contributed by atoms with van der Waals surface area (Å²) < 4.78 is 5.75. The van der Waals surface area contributed by atoms with E-state index in [1.807, 2.05) is 18.2 Å². The van der Waals surface area contributed by atoms with Gasteiger partial charge in [0.05, 0.1) is 12.2 Å². The van der Waals surface area contributed by atoms with Gasteiger partial charge in [-0.25, -0.2) is 0 Å². The predicted molar refractivity (Wildman–Crippen MR) is 70.2 cm³/mol. The van der Waals surface area contributed by atoms with Crippen LogP contribution in [0.2, 0.25) is 0 Å². The molecule has 3 heteroatoms. The molecule has 0 spiro atoms. The minimum Gasteiger partial charge on any atom is -0.491 e. The van der Waals surface area contributed by atoms with Crippen LogP contribution >= 0.6 is 0 Å². The fourth-order valence-corrected chi connectivity index (χ4v) is 1.47. The third-order valence-electron chi connectivity index (χ3n) is 2.58. The van der Waals surface area contributed by atoms with Crippen molar-refractivity contribution in [1.82, 2.24) is 5.32 Å². The number of hydrogen-bond donors (Lipinski definition) is 2. The summed E-state index contributed by atoms with van der Waals surface area (Å²) in [7, 11) is 0. The van der Waals surface area contributed by atoms with Gasteiger partial charge in [0.15, 0.2) is 0 Å². The molecular formula is C14H23NO2. The molecule has 2 atom stereocenters. The van der Waals surface area contributed by atoms with E-state index in [9.17, 15) is 0 Å². The van der Waals surface area contributed by atoms with Gasteiger partial charge in [0.1, 0.15) is 5.75 Å². The Kier molecular flexibility index (Phi) is 6.01. The van der Waals surface area contributed by atoms with E-state index >= 15 is 0 Å².